The molecule has 0 atom stereocenters. The number of hydrogen-bond acceptors (Lipinski definition) is 4. The third-order valence-electron chi connectivity index (χ3n) is 2.31. The molecule has 0 spiro atoms. The molecule has 0 saturated carbocycles. The maximum Gasteiger partial charge on any atom is 0.267 e. The number of nitrogens with zero attached hydrogens (tertiary/aromatic N) is 2. The SMILES string of the molecule is Cn1cc(S(=O)(=O)Nc2c(F)cccc2Br)c(N)n1. The Morgan fingerprint density at radius 3 is 2.68 bits per heavy atom. The van der Waals surface area contributed by atoms with Gasteiger partial charge in [-0.25, -0.2) is 12.8 Å². The number of halogens is 2. The first kappa shape index (κ1) is 13.8. The van der Waals surface area contributed by atoms with Crippen LogP contribution in [0.4, 0.5) is 15.9 Å². The van der Waals surface area contributed by atoms with E-state index in [0.717, 1.165) is 6.07 Å². The second-order valence-electron chi connectivity index (χ2n) is 3.75. The number of para-hydroxylation sites is 1. The molecule has 102 valence electrons. The smallest absolute Gasteiger partial charge is 0.267 e. The van der Waals surface area contributed by atoms with Gasteiger partial charge < -0.3 is 5.73 Å². The minimum absolute atomic E-state index is 0.150. The van der Waals surface area contributed by atoms with Crippen LogP contribution >= 0.6 is 15.9 Å². The predicted molar refractivity (Wildman–Crippen MR) is 72.5 cm³/mol. The van der Waals surface area contributed by atoms with Crippen LogP contribution in [0.25, 0.3) is 0 Å². The molecule has 19 heavy (non-hydrogen) atoms. The van der Waals surface area contributed by atoms with Gasteiger partial charge in [0.2, 0.25) is 0 Å². The van der Waals surface area contributed by atoms with Crippen LogP contribution < -0.4 is 10.5 Å². The zero-order chi connectivity index (χ0) is 14.2. The molecule has 1 heterocycles. The van der Waals surface area contributed by atoms with E-state index in [1.54, 1.807) is 0 Å². The van der Waals surface area contributed by atoms with Crippen molar-refractivity contribution >= 4 is 37.5 Å². The molecule has 1 aromatic heterocycles. The van der Waals surface area contributed by atoms with Crippen molar-refractivity contribution in [3.63, 3.8) is 0 Å². The number of hydrogen-bond donors (Lipinski definition) is 2. The van der Waals surface area contributed by atoms with Crippen molar-refractivity contribution in [2.45, 2.75) is 4.90 Å². The van der Waals surface area contributed by atoms with E-state index in [-0.39, 0.29) is 16.4 Å². The maximum absolute atomic E-state index is 13.6. The van der Waals surface area contributed by atoms with Crippen LogP contribution in [0.5, 0.6) is 0 Å². The molecule has 2 rings (SSSR count). The van der Waals surface area contributed by atoms with E-state index in [2.05, 4.69) is 25.8 Å². The number of sulfonamides is 1. The van der Waals surface area contributed by atoms with Crippen molar-refractivity contribution in [3.8, 4) is 0 Å². The van der Waals surface area contributed by atoms with Gasteiger partial charge in [0.25, 0.3) is 10.0 Å². The molecule has 0 radical (unpaired) electrons. The summed E-state index contributed by atoms with van der Waals surface area (Å²) in [6.07, 6.45) is 1.24. The molecule has 0 unspecified atom stereocenters. The Hall–Kier alpha value is -1.61. The van der Waals surface area contributed by atoms with Gasteiger partial charge in [-0.2, -0.15) is 5.10 Å². The maximum atomic E-state index is 13.6. The Balaban J connectivity index is 2.45. The first-order chi connectivity index (χ1) is 8.81. The number of rotatable bonds is 3. The summed E-state index contributed by atoms with van der Waals surface area (Å²) < 4.78 is 41.5. The molecule has 3 N–H and O–H groups in total. The van der Waals surface area contributed by atoms with Gasteiger partial charge in [0.15, 0.2) is 5.82 Å². The number of anilines is 2. The van der Waals surface area contributed by atoms with Crippen LogP contribution in [0.3, 0.4) is 0 Å². The Morgan fingerprint density at radius 2 is 2.16 bits per heavy atom. The molecule has 0 fully saturated rings. The lowest BCUT2D eigenvalue weighted by Gasteiger charge is -2.09. The number of aryl methyl sites for hydroxylation is 1. The highest BCUT2D eigenvalue weighted by molar-refractivity contribution is 9.10. The summed E-state index contributed by atoms with van der Waals surface area (Å²) in [5.74, 6) is -0.845. The number of nitrogens with two attached hydrogens (primary N) is 1. The molecule has 0 aliphatic heterocycles. The number of aromatic nitrogens is 2. The van der Waals surface area contributed by atoms with E-state index in [4.69, 9.17) is 5.73 Å². The summed E-state index contributed by atoms with van der Waals surface area (Å²) in [6, 6.07) is 4.12. The summed E-state index contributed by atoms with van der Waals surface area (Å²) in [7, 11) is -2.46. The van der Waals surface area contributed by atoms with E-state index >= 15 is 0 Å². The number of benzene rings is 1. The first-order valence-corrected chi connectivity index (χ1v) is 7.35. The lowest BCUT2D eigenvalue weighted by atomic mass is 10.3. The average molecular weight is 349 g/mol. The monoisotopic (exact) mass is 348 g/mol. The molecule has 0 bridgehead atoms. The zero-order valence-electron chi connectivity index (χ0n) is 9.76. The van der Waals surface area contributed by atoms with Crippen LogP contribution in [0.15, 0.2) is 33.8 Å². The standard InChI is InChI=1S/C10H10BrFN4O2S/c1-16-5-8(10(13)14-16)19(17,18)15-9-6(11)3-2-4-7(9)12/h2-5,15H,1H3,(H2,13,14). The van der Waals surface area contributed by atoms with Crippen molar-refractivity contribution in [1.29, 1.82) is 0 Å². The molecular formula is C10H10BrFN4O2S. The van der Waals surface area contributed by atoms with Crippen LogP contribution in [-0.4, -0.2) is 18.2 Å². The highest BCUT2D eigenvalue weighted by Gasteiger charge is 2.23. The highest BCUT2D eigenvalue weighted by Crippen LogP contribution is 2.28. The second kappa shape index (κ2) is 4.82. The summed E-state index contributed by atoms with van der Waals surface area (Å²) in [5, 5.41) is 3.73. The van der Waals surface area contributed by atoms with Gasteiger partial charge in [0, 0.05) is 17.7 Å². The quantitative estimate of drug-likeness (QED) is 0.883. The van der Waals surface area contributed by atoms with Crippen molar-refractivity contribution in [2.24, 2.45) is 7.05 Å². The van der Waals surface area contributed by atoms with Crippen molar-refractivity contribution in [1.82, 2.24) is 9.78 Å². The van der Waals surface area contributed by atoms with Gasteiger partial charge >= 0.3 is 0 Å². The Kier molecular flexibility index (Phi) is 3.50. The molecule has 0 aliphatic carbocycles. The third-order valence-corrected chi connectivity index (χ3v) is 4.34. The predicted octanol–water partition coefficient (Wildman–Crippen LogP) is 1.70. The minimum Gasteiger partial charge on any atom is -0.381 e. The van der Waals surface area contributed by atoms with E-state index < -0.39 is 15.8 Å². The van der Waals surface area contributed by atoms with Gasteiger partial charge in [0.1, 0.15) is 10.7 Å². The molecule has 0 saturated heterocycles. The van der Waals surface area contributed by atoms with Crippen LogP contribution in [0, 0.1) is 5.82 Å². The minimum atomic E-state index is -4.00. The molecule has 2 aromatic rings. The summed E-state index contributed by atoms with van der Waals surface area (Å²) >= 11 is 3.08. The Bertz CT molecular complexity index is 709. The summed E-state index contributed by atoms with van der Waals surface area (Å²) in [6.45, 7) is 0. The molecule has 1 aromatic carbocycles. The number of nitrogen functional groups attached to an aromatic ring is 1. The van der Waals surface area contributed by atoms with E-state index in [0.29, 0.717) is 4.47 Å². The third kappa shape index (κ3) is 2.71. The Morgan fingerprint density at radius 1 is 1.47 bits per heavy atom. The molecule has 6 nitrogen and oxygen atoms in total. The average Bonchev–Trinajstić information content (AvgIpc) is 2.64. The molecule has 0 amide bonds. The van der Waals surface area contributed by atoms with Gasteiger partial charge in [-0.05, 0) is 28.1 Å². The first-order valence-electron chi connectivity index (χ1n) is 5.07. The van der Waals surface area contributed by atoms with Crippen LogP contribution in [-0.2, 0) is 17.1 Å². The molecule has 9 heteroatoms. The summed E-state index contributed by atoms with van der Waals surface area (Å²) in [4.78, 5) is -0.204. The van der Waals surface area contributed by atoms with Gasteiger partial charge in [-0.1, -0.05) is 6.07 Å². The van der Waals surface area contributed by atoms with Gasteiger partial charge in [0.05, 0.1) is 5.69 Å². The highest BCUT2D eigenvalue weighted by atomic mass is 79.9. The van der Waals surface area contributed by atoms with E-state index in [1.165, 1.54) is 30.1 Å². The van der Waals surface area contributed by atoms with Gasteiger partial charge in [-0.15, -0.1) is 0 Å². The fraction of sp³-hybridized carbons (Fsp3) is 0.100. The largest absolute Gasteiger partial charge is 0.381 e. The van der Waals surface area contributed by atoms with Crippen LogP contribution in [0.2, 0.25) is 0 Å². The topological polar surface area (TPSA) is 90.0 Å². The lowest BCUT2D eigenvalue weighted by Crippen LogP contribution is -2.15. The molecule has 0 aliphatic rings. The van der Waals surface area contributed by atoms with E-state index in [1.807, 2.05) is 0 Å². The second-order valence-corrected chi connectivity index (χ2v) is 6.26. The van der Waals surface area contributed by atoms with E-state index in [9.17, 15) is 12.8 Å². The van der Waals surface area contributed by atoms with Gasteiger partial charge in [-0.3, -0.25) is 9.40 Å². The van der Waals surface area contributed by atoms with Crippen molar-refractivity contribution < 1.29 is 12.8 Å². The Labute approximate surface area is 117 Å². The zero-order valence-corrected chi connectivity index (χ0v) is 12.2. The fourth-order valence-corrected chi connectivity index (χ4v) is 3.24. The van der Waals surface area contributed by atoms with Crippen LogP contribution in [0.1, 0.15) is 0 Å². The van der Waals surface area contributed by atoms with Crippen molar-refractivity contribution in [3.05, 3.63) is 34.7 Å². The van der Waals surface area contributed by atoms with Crippen molar-refractivity contribution in [2.75, 3.05) is 10.5 Å². The summed E-state index contributed by atoms with van der Waals surface area (Å²) in [5.41, 5.74) is 5.33. The fourth-order valence-electron chi connectivity index (χ4n) is 1.48. The lowest BCUT2D eigenvalue weighted by molar-refractivity contribution is 0.598. The normalized spacial score (nSPS) is 11.5. The number of nitrogens with one attached hydrogen (secondary N) is 1. The molecular weight excluding hydrogens is 339 g/mol.